The van der Waals surface area contributed by atoms with Crippen LogP contribution in [-0.2, 0) is 16.4 Å². The van der Waals surface area contributed by atoms with Crippen LogP contribution in [0.2, 0.25) is 5.02 Å². The molecule has 0 saturated carbocycles. The van der Waals surface area contributed by atoms with Crippen LogP contribution >= 0.6 is 11.6 Å². The Bertz CT molecular complexity index is 733. The molecule has 1 N–H and O–H groups in total. The second kappa shape index (κ2) is 6.51. The van der Waals surface area contributed by atoms with Gasteiger partial charge >= 0.3 is 0 Å². The van der Waals surface area contributed by atoms with Crippen molar-refractivity contribution in [2.75, 3.05) is 6.54 Å². The first kappa shape index (κ1) is 15.9. The van der Waals surface area contributed by atoms with Gasteiger partial charge in [-0.15, -0.1) is 0 Å². The number of nitrogens with one attached hydrogen (secondary N) is 1. The van der Waals surface area contributed by atoms with Crippen LogP contribution in [0.5, 0.6) is 0 Å². The fourth-order valence-corrected chi connectivity index (χ4v) is 3.01. The van der Waals surface area contributed by atoms with E-state index >= 15 is 0 Å². The summed E-state index contributed by atoms with van der Waals surface area (Å²) in [4.78, 5) is -0.104. The van der Waals surface area contributed by atoms with Crippen LogP contribution < -0.4 is 4.72 Å². The van der Waals surface area contributed by atoms with E-state index in [-0.39, 0.29) is 22.3 Å². The molecule has 3 nitrogen and oxygen atoms in total. The standard InChI is InChI=1S/C14H12ClF2NO2S/c15-13-9-12(5-6-14(13)17)21(19,20)18-8-7-10-1-3-11(16)4-2-10/h1-6,9,18H,7-8H2. The van der Waals surface area contributed by atoms with E-state index in [1.165, 1.54) is 12.1 Å². The molecule has 0 saturated heterocycles. The maximum absolute atomic E-state index is 13.0. The van der Waals surface area contributed by atoms with E-state index in [0.29, 0.717) is 6.42 Å². The monoisotopic (exact) mass is 331 g/mol. The van der Waals surface area contributed by atoms with Crippen molar-refractivity contribution >= 4 is 21.6 Å². The molecule has 2 rings (SSSR count). The van der Waals surface area contributed by atoms with Crippen molar-refractivity contribution in [1.29, 1.82) is 0 Å². The summed E-state index contributed by atoms with van der Waals surface area (Å²) in [5.74, 6) is -1.03. The summed E-state index contributed by atoms with van der Waals surface area (Å²) in [6, 6.07) is 8.97. The molecule has 112 valence electrons. The minimum Gasteiger partial charge on any atom is -0.211 e. The van der Waals surface area contributed by atoms with Crippen LogP contribution in [0, 0.1) is 11.6 Å². The summed E-state index contributed by atoms with van der Waals surface area (Å²) < 4.78 is 52.1. The smallest absolute Gasteiger partial charge is 0.211 e. The third-order valence-corrected chi connectivity index (χ3v) is 4.57. The van der Waals surface area contributed by atoms with Crippen molar-refractivity contribution < 1.29 is 17.2 Å². The Hall–Kier alpha value is -1.50. The first-order valence-corrected chi connectivity index (χ1v) is 7.94. The molecule has 0 heterocycles. The average Bonchev–Trinajstić information content (AvgIpc) is 2.44. The van der Waals surface area contributed by atoms with E-state index in [9.17, 15) is 17.2 Å². The lowest BCUT2D eigenvalue weighted by Crippen LogP contribution is -2.26. The molecule has 21 heavy (non-hydrogen) atoms. The highest BCUT2D eigenvalue weighted by Gasteiger charge is 2.15. The topological polar surface area (TPSA) is 46.2 Å². The van der Waals surface area contributed by atoms with Crippen molar-refractivity contribution in [2.24, 2.45) is 0 Å². The number of halogens is 3. The molecule has 2 aromatic rings. The lowest BCUT2D eigenvalue weighted by atomic mass is 10.1. The van der Waals surface area contributed by atoms with Gasteiger partial charge in [0.05, 0.1) is 9.92 Å². The van der Waals surface area contributed by atoms with Crippen molar-refractivity contribution in [3.8, 4) is 0 Å². The molecule has 0 amide bonds. The van der Waals surface area contributed by atoms with Gasteiger partial charge in [0.2, 0.25) is 10.0 Å². The fraction of sp³-hybridized carbons (Fsp3) is 0.143. The average molecular weight is 332 g/mol. The van der Waals surface area contributed by atoms with E-state index < -0.39 is 15.8 Å². The highest BCUT2D eigenvalue weighted by atomic mass is 35.5. The minimum absolute atomic E-state index is 0.104. The number of sulfonamides is 1. The number of benzene rings is 2. The largest absolute Gasteiger partial charge is 0.240 e. The van der Waals surface area contributed by atoms with Crippen LogP contribution in [0.1, 0.15) is 5.56 Å². The first-order valence-electron chi connectivity index (χ1n) is 6.08. The Kier molecular flexibility index (Phi) is 4.92. The van der Waals surface area contributed by atoms with Crippen molar-refractivity contribution in [3.05, 3.63) is 64.7 Å². The van der Waals surface area contributed by atoms with Gasteiger partial charge in [0.25, 0.3) is 0 Å². The normalized spacial score (nSPS) is 11.6. The highest BCUT2D eigenvalue weighted by molar-refractivity contribution is 7.89. The zero-order valence-corrected chi connectivity index (χ0v) is 12.4. The zero-order valence-electron chi connectivity index (χ0n) is 10.8. The van der Waals surface area contributed by atoms with Gasteiger partial charge in [-0.25, -0.2) is 21.9 Å². The SMILES string of the molecule is O=S(=O)(NCCc1ccc(F)cc1)c1ccc(F)c(Cl)c1. The van der Waals surface area contributed by atoms with Crippen LogP contribution in [0.3, 0.4) is 0 Å². The molecule has 0 fully saturated rings. The molecular weight excluding hydrogens is 320 g/mol. The summed E-state index contributed by atoms with van der Waals surface area (Å²) in [6.45, 7) is 0.142. The van der Waals surface area contributed by atoms with E-state index in [1.807, 2.05) is 0 Å². The van der Waals surface area contributed by atoms with Gasteiger partial charge in [0, 0.05) is 6.54 Å². The van der Waals surface area contributed by atoms with E-state index in [2.05, 4.69) is 4.72 Å². The zero-order chi connectivity index (χ0) is 15.5. The Morgan fingerprint density at radius 3 is 2.33 bits per heavy atom. The van der Waals surface area contributed by atoms with Gasteiger partial charge in [-0.05, 0) is 42.3 Å². The van der Waals surface area contributed by atoms with Crippen molar-refractivity contribution in [2.45, 2.75) is 11.3 Å². The maximum atomic E-state index is 13.0. The quantitative estimate of drug-likeness (QED) is 0.915. The van der Waals surface area contributed by atoms with Crippen LogP contribution in [0.25, 0.3) is 0 Å². The number of hydrogen-bond acceptors (Lipinski definition) is 2. The predicted molar refractivity (Wildman–Crippen MR) is 76.7 cm³/mol. The maximum Gasteiger partial charge on any atom is 0.240 e. The van der Waals surface area contributed by atoms with E-state index in [1.54, 1.807) is 12.1 Å². The van der Waals surface area contributed by atoms with Crippen LogP contribution in [0.4, 0.5) is 8.78 Å². The summed E-state index contributed by atoms with van der Waals surface area (Å²) in [6.07, 6.45) is 0.411. The fourth-order valence-electron chi connectivity index (χ4n) is 1.71. The van der Waals surface area contributed by atoms with Gasteiger partial charge in [0.15, 0.2) is 0 Å². The van der Waals surface area contributed by atoms with Crippen molar-refractivity contribution in [1.82, 2.24) is 4.72 Å². The third kappa shape index (κ3) is 4.23. The molecule has 0 aliphatic heterocycles. The highest BCUT2D eigenvalue weighted by Crippen LogP contribution is 2.19. The van der Waals surface area contributed by atoms with Gasteiger partial charge in [-0.2, -0.15) is 0 Å². The molecule has 2 aromatic carbocycles. The number of hydrogen-bond donors (Lipinski definition) is 1. The lowest BCUT2D eigenvalue weighted by Gasteiger charge is -2.07. The summed E-state index contributed by atoms with van der Waals surface area (Å²) in [7, 11) is -3.75. The molecule has 0 radical (unpaired) electrons. The van der Waals surface area contributed by atoms with E-state index in [0.717, 1.165) is 23.8 Å². The summed E-state index contributed by atoms with van der Waals surface area (Å²) in [5, 5.41) is -0.253. The Balaban J connectivity index is 2.01. The van der Waals surface area contributed by atoms with Gasteiger partial charge < -0.3 is 0 Å². The Morgan fingerprint density at radius 1 is 1.05 bits per heavy atom. The number of rotatable bonds is 5. The third-order valence-electron chi connectivity index (χ3n) is 2.82. The second-order valence-electron chi connectivity index (χ2n) is 4.35. The van der Waals surface area contributed by atoms with Crippen LogP contribution in [-0.4, -0.2) is 15.0 Å². The predicted octanol–water partition coefficient (Wildman–Crippen LogP) is 3.14. The van der Waals surface area contributed by atoms with Crippen LogP contribution in [0.15, 0.2) is 47.4 Å². The Labute approximate surface area is 126 Å². The van der Waals surface area contributed by atoms with Gasteiger partial charge in [-0.1, -0.05) is 23.7 Å². The lowest BCUT2D eigenvalue weighted by molar-refractivity contribution is 0.580. The molecular formula is C14H12ClF2NO2S. The minimum atomic E-state index is -3.75. The van der Waals surface area contributed by atoms with Gasteiger partial charge in [0.1, 0.15) is 11.6 Å². The molecule has 0 unspecified atom stereocenters. The molecule has 0 spiro atoms. The Morgan fingerprint density at radius 2 is 1.71 bits per heavy atom. The molecule has 0 bridgehead atoms. The van der Waals surface area contributed by atoms with Crippen molar-refractivity contribution in [3.63, 3.8) is 0 Å². The second-order valence-corrected chi connectivity index (χ2v) is 6.52. The molecule has 7 heteroatoms. The summed E-state index contributed by atoms with van der Waals surface area (Å²) in [5.41, 5.74) is 0.802. The molecule has 0 aliphatic carbocycles. The van der Waals surface area contributed by atoms with Gasteiger partial charge in [-0.3, -0.25) is 0 Å². The van der Waals surface area contributed by atoms with E-state index in [4.69, 9.17) is 11.6 Å². The first-order chi connectivity index (χ1) is 9.88. The molecule has 0 aromatic heterocycles. The summed E-state index contributed by atoms with van der Waals surface area (Å²) >= 11 is 5.56. The molecule has 0 atom stereocenters. The molecule has 0 aliphatic rings.